The Kier molecular flexibility index (Phi) is 6.34. The number of amides is 1. The Hall–Kier alpha value is -2.54. The predicted molar refractivity (Wildman–Crippen MR) is 104 cm³/mol. The number of nitrogens with one attached hydrogen (secondary N) is 1. The maximum atomic E-state index is 12.2. The zero-order valence-electron chi connectivity index (χ0n) is 15.6. The molecule has 3 aromatic rings. The molecule has 0 aliphatic carbocycles. The number of benzene rings is 1. The van der Waals surface area contributed by atoms with Gasteiger partial charge in [-0.1, -0.05) is 49.9 Å². The highest BCUT2D eigenvalue weighted by atomic mass is 32.2. The third-order valence-electron chi connectivity index (χ3n) is 3.97. The number of nitrogens with zero attached hydrogens (tertiary/aromatic N) is 2. The molecule has 0 aliphatic rings. The van der Waals surface area contributed by atoms with E-state index >= 15 is 0 Å². The van der Waals surface area contributed by atoms with Crippen molar-refractivity contribution in [3.8, 4) is 11.7 Å². The molecule has 1 atom stereocenters. The normalized spacial score (nSPS) is 12.3. The van der Waals surface area contributed by atoms with Crippen molar-refractivity contribution in [3.63, 3.8) is 0 Å². The summed E-state index contributed by atoms with van der Waals surface area (Å²) in [6.45, 7) is 6.38. The van der Waals surface area contributed by atoms with Gasteiger partial charge in [0.05, 0.1) is 18.1 Å². The van der Waals surface area contributed by atoms with Crippen molar-refractivity contribution in [2.24, 2.45) is 5.92 Å². The molecule has 0 saturated heterocycles. The Morgan fingerprint density at radius 1 is 1.15 bits per heavy atom. The van der Waals surface area contributed by atoms with Gasteiger partial charge in [-0.25, -0.2) is 0 Å². The van der Waals surface area contributed by atoms with E-state index in [0.717, 1.165) is 12.0 Å². The topological polar surface area (TPSA) is 81.2 Å². The first-order valence-corrected chi connectivity index (χ1v) is 9.88. The summed E-state index contributed by atoms with van der Waals surface area (Å²) < 4.78 is 10.7. The molecule has 3 rings (SSSR count). The summed E-state index contributed by atoms with van der Waals surface area (Å²) >= 11 is 1.20. The number of thioether (sulfide) groups is 1. The third kappa shape index (κ3) is 5.47. The summed E-state index contributed by atoms with van der Waals surface area (Å²) in [5.41, 5.74) is 2.39. The predicted octanol–water partition coefficient (Wildman–Crippen LogP) is 4.50. The molecule has 1 amide bonds. The summed E-state index contributed by atoms with van der Waals surface area (Å²) in [4.78, 5) is 12.2. The molecule has 0 spiro atoms. The monoisotopic (exact) mass is 385 g/mol. The minimum atomic E-state index is -0.0866. The maximum absolute atomic E-state index is 12.2. The van der Waals surface area contributed by atoms with Crippen LogP contribution < -0.4 is 5.32 Å². The van der Waals surface area contributed by atoms with Gasteiger partial charge in [0.15, 0.2) is 5.76 Å². The van der Waals surface area contributed by atoms with E-state index in [2.05, 4.69) is 53.6 Å². The molecule has 7 heteroatoms. The van der Waals surface area contributed by atoms with Gasteiger partial charge in [0.1, 0.15) is 0 Å². The number of aromatic nitrogens is 2. The van der Waals surface area contributed by atoms with Gasteiger partial charge in [0, 0.05) is 0 Å². The quantitative estimate of drug-likeness (QED) is 0.575. The van der Waals surface area contributed by atoms with Crippen molar-refractivity contribution >= 4 is 17.7 Å². The first-order valence-electron chi connectivity index (χ1n) is 8.89. The Labute approximate surface area is 162 Å². The van der Waals surface area contributed by atoms with E-state index in [9.17, 15) is 4.79 Å². The van der Waals surface area contributed by atoms with Crippen molar-refractivity contribution in [2.75, 3.05) is 5.75 Å². The van der Waals surface area contributed by atoms with Gasteiger partial charge in [0.2, 0.25) is 5.91 Å². The van der Waals surface area contributed by atoms with Gasteiger partial charge >= 0.3 is 0 Å². The Morgan fingerprint density at radius 3 is 2.59 bits per heavy atom. The molecule has 6 nitrogen and oxygen atoms in total. The first kappa shape index (κ1) is 19.2. The molecule has 27 heavy (non-hydrogen) atoms. The number of rotatable bonds is 8. The number of carbonyl (C=O) groups excluding carboxylic acids is 1. The molecular formula is C20H23N3O3S. The smallest absolute Gasteiger partial charge is 0.284 e. The maximum Gasteiger partial charge on any atom is 0.284 e. The van der Waals surface area contributed by atoms with Crippen molar-refractivity contribution in [3.05, 3.63) is 53.8 Å². The van der Waals surface area contributed by atoms with Crippen LogP contribution in [0.4, 0.5) is 0 Å². The standard InChI is InChI=1S/C20H23N3O3S/c1-13(2)11-15-6-8-16(9-7-15)14(3)21-18(24)12-27-20-23-22-19(26-20)17-5-4-10-25-17/h4-10,13-14H,11-12H2,1-3H3,(H,21,24)/t14-/m0/s1. The number of hydrogen-bond acceptors (Lipinski definition) is 6. The van der Waals surface area contributed by atoms with Gasteiger partial charge in [-0.3, -0.25) is 4.79 Å². The highest BCUT2D eigenvalue weighted by Gasteiger charge is 2.14. The molecular weight excluding hydrogens is 362 g/mol. The van der Waals surface area contributed by atoms with E-state index < -0.39 is 0 Å². The summed E-state index contributed by atoms with van der Waals surface area (Å²) in [5, 5.41) is 11.2. The van der Waals surface area contributed by atoms with Crippen molar-refractivity contribution < 1.29 is 13.6 Å². The van der Waals surface area contributed by atoms with Crippen LogP contribution in [0.3, 0.4) is 0 Å². The average Bonchev–Trinajstić information content (AvgIpc) is 3.31. The summed E-state index contributed by atoms with van der Waals surface area (Å²) in [6.07, 6.45) is 2.60. The summed E-state index contributed by atoms with van der Waals surface area (Å²) in [5.74, 6) is 1.56. The molecule has 1 N–H and O–H groups in total. The lowest BCUT2D eigenvalue weighted by Gasteiger charge is -2.15. The van der Waals surface area contributed by atoms with Crippen LogP contribution in [-0.4, -0.2) is 21.9 Å². The lowest BCUT2D eigenvalue weighted by Crippen LogP contribution is -2.28. The molecule has 0 bridgehead atoms. The molecule has 142 valence electrons. The summed E-state index contributed by atoms with van der Waals surface area (Å²) in [7, 11) is 0. The fourth-order valence-electron chi connectivity index (χ4n) is 2.68. The Bertz CT molecular complexity index is 857. The molecule has 0 saturated carbocycles. The van der Waals surface area contributed by atoms with Crippen LogP contribution >= 0.6 is 11.8 Å². The average molecular weight is 385 g/mol. The molecule has 2 heterocycles. The van der Waals surface area contributed by atoms with Crippen molar-refractivity contribution in [1.29, 1.82) is 0 Å². The van der Waals surface area contributed by atoms with E-state index in [1.807, 2.05) is 6.92 Å². The van der Waals surface area contributed by atoms with E-state index in [-0.39, 0.29) is 17.7 Å². The van der Waals surface area contributed by atoms with Crippen LogP contribution in [0, 0.1) is 5.92 Å². The van der Waals surface area contributed by atoms with Gasteiger partial charge in [-0.05, 0) is 42.5 Å². The molecule has 0 aliphatic heterocycles. The molecule has 0 radical (unpaired) electrons. The van der Waals surface area contributed by atoms with Crippen LogP contribution in [0.5, 0.6) is 0 Å². The fourth-order valence-corrected chi connectivity index (χ4v) is 3.25. The van der Waals surface area contributed by atoms with Crippen molar-refractivity contribution in [1.82, 2.24) is 15.5 Å². The number of hydrogen-bond donors (Lipinski definition) is 1. The lowest BCUT2D eigenvalue weighted by molar-refractivity contribution is -0.119. The van der Waals surface area contributed by atoms with Gasteiger partial charge in [-0.2, -0.15) is 0 Å². The second-order valence-electron chi connectivity index (χ2n) is 6.77. The van der Waals surface area contributed by atoms with E-state index in [0.29, 0.717) is 22.8 Å². The van der Waals surface area contributed by atoms with Crippen LogP contribution in [0.2, 0.25) is 0 Å². The largest absolute Gasteiger partial charge is 0.459 e. The molecule has 0 unspecified atom stereocenters. The van der Waals surface area contributed by atoms with Crippen LogP contribution in [-0.2, 0) is 11.2 Å². The van der Waals surface area contributed by atoms with Crippen LogP contribution in [0.15, 0.2) is 56.7 Å². The van der Waals surface area contributed by atoms with Gasteiger partial charge in [-0.15, -0.1) is 10.2 Å². The molecule has 2 aromatic heterocycles. The zero-order valence-corrected chi connectivity index (χ0v) is 16.5. The molecule has 0 fully saturated rings. The number of carbonyl (C=O) groups is 1. The van der Waals surface area contributed by atoms with Gasteiger partial charge in [0.25, 0.3) is 11.1 Å². The minimum absolute atomic E-state index is 0.0624. The minimum Gasteiger partial charge on any atom is -0.459 e. The first-order chi connectivity index (χ1) is 13.0. The van der Waals surface area contributed by atoms with Gasteiger partial charge < -0.3 is 14.2 Å². The molecule has 1 aromatic carbocycles. The third-order valence-corrected chi connectivity index (χ3v) is 4.78. The second kappa shape index (κ2) is 8.90. The van der Waals surface area contributed by atoms with Crippen LogP contribution in [0.25, 0.3) is 11.7 Å². The SMILES string of the molecule is CC(C)Cc1ccc([C@H](C)NC(=O)CSc2nnc(-c3ccco3)o2)cc1. The van der Waals surface area contributed by atoms with Crippen molar-refractivity contribution in [2.45, 2.75) is 38.5 Å². The van der Waals surface area contributed by atoms with Crippen LogP contribution in [0.1, 0.15) is 37.9 Å². The van der Waals surface area contributed by atoms with E-state index in [1.165, 1.54) is 23.6 Å². The lowest BCUT2D eigenvalue weighted by atomic mass is 10.00. The second-order valence-corrected chi connectivity index (χ2v) is 7.69. The Balaban J connectivity index is 1.48. The zero-order chi connectivity index (χ0) is 19.2. The number of furan rings is 1. The van der Waals surface area contributed by atoms with E-state index in [4.69, 9.17) is 8.83 Å². The van der Waals surface area contributed by atoms with E-state index in [1.54, 1.807) is 12.1 Å². The highest BCUT2D eigenvalue weighted by Crippen LogP contribution is 2.23. The fraction of sp³-hybridized carbons (Fsp3) is 0.350. The Morgan fingerprint density at radius 2 is 1.93 bits per heavy atom. The highest BCUT2D eigenvalue weighted by molar-refractivity contribution is 7.99. The summed E-state index contributed by atoms with van der Waals surface area (Å²) in [6, 6.07) is 11.8.